The van der Waals surface area contributed by atoms with E-state index in [0.717, 1.165) is 12.8 Å². The number of aliphatic hydroxyl groups is 1. The Balaban J connectivity index is 1.60. The van der Waals surface area contributed by atoms with Gasteiger partial charge in [0.1, 0.15) is 24.2 Å². The van der Waals surface area contributed by atoms with E-state index in [4.69, 9.17) is 20.8 Å². The van der Waals surface area contributed by atoms with E-state index >= 15 is 0 Å². The van der Waals surface area contributed by atoms with Crippen molar-refractivity contribution in [3.05, 3.63) is 0 Å². The van der Waals surface area contributed by atoms with E-state index in [9.17, 15) is 29.1 Å². The molecule has 2 bridgehead atoms. The summed E-state index contributed by atoms with van der Waals surface area (Å²) in [4.78, 5) is 64.0. The first-order valence-electron chi connectivity index (χ1n) is 16.9. The maximum atomic E-state index is 13.5. The second kappa shape index (κ2) is 16.1. The zero-order valence-electron chi connectivity index (χ0n) is 28.9. The molecule has 5 amide bonds. The predicted molar refractivity (Wildman–Crippen MR) is 175 cm³/mol. The molecule has 0 radical (unpaired) electrons. The van der Waals surface area contributed by atoms with Gasteiger partial charge in [-0.15, -0.1) is 0 Å². The number of hydrogen-bond donors (Lipinski definition) is 8. The predicted octanol–water partition coefficient (Wildman–Crippen LogP) is -1.40. The molecule has 0 aromatic heterocycles. The fraction of sp³-hybridized carbons (Fsp3) is 0.839. The highest BCUT2D eigenvalue weighted by Crippen LogP contribution is 2.65. The first-order valence-corrected chi connectivity index (χ1v) is 16.9. The van der Waals surface area contributed by atoms with Crippen LogP contribution in [0, 0.1) is 17.3 Å². The van der Waals surface area contributed by atoms with Gasteiger partial charge in [-0.3, -0.25) is 24.0 Å². The maximum Gasteiger partial charge on any atom is 0.481 e. The van der Waals surface area contributed by atoms with Gasteiger partial charge in [0.25, 0.3) is 0 Å². The molecule has 10 N–H and O–H groups in total. The van der Waals surface area contributed by atoms with Gasteiger partial charge >= 0.3 is 7.12 Å². The Bertz CT molecular complexity index is 1160. The number of amides is 5. The Morgan fingerprint density at radius 2 is 1.47 bits per heavy atom. The van der Waals surface area contributed by atoms with Gasteiger partial charge in [-0.05, 0) is 96.6 Å². The van der Waals surface area contributed by atoms with Gasteiger partial charge in [-0.1, -0.05) is 13.8 Å². The van der Waals surface area contributed by atoms with Crippen LogP contribution < -0.4 is 38.1 Å². The molecule has 0 spiro atoms. The second-order valence-electron chi connectivity index (χ2n) is 14.3. The number of carbonyl (C=O) groups excluding carboxylic acids is 5. The van der Waals surface area contributed by atoms with Crippen molar-refractivity contribution in [3.8, 4) is 0 Å². The first-order chi connectivity index (χ1) is 22.0. The molecule has 3 saturated carbocycles. The average Bonchev–Trinajstić information content (AvgIpc) is 3.35. The minimum atomic E-state index is -1.43. The number of hydrogen-bond acceptors (Lipinski definition) is 10. The second-order valence-corrected chi connectivity index (χ2v) is 14.3. The van der Waals surface area contributed by atoms with Crippen LogP contribution in [0.4, 0.5) is 0 Å². The lowest BCUT2D eigenvalue weighted by molar-refractivity contribution is -0.199. The number of nitrogens with one attached hydrogen (secondary N) is 5. The standard InChI is InChI=1S/C31H56BN7O8/c1-16(35-29(45)25(17(2)40)39-28(44)22(11-13-34)37-19(4)41)26(42)38-21(10-8-9-12-33)27(43)36-18(3)32-46-24-15-20-14-23(30(20,5)6)31(24,7)47-32/h16-18,20-25,40H,8-15,33-34H2,1-7H3,(H,35,45)(H,36,43)(H,37,41)(H,38,42)(H,39,44)/t16-,17+,18-,20-,21-,22-,23-,24+,25-,31-/m0/s1. The van der Waals surface area contributed by atoms with Crippen LogP contribution in [-0.4, -0.2) is 103 Å². The molecule has 0 aromatic rings. The van der Waals surface area contributed by atoms with E-state index in [-0.39, 0.29) is 24.5 Å². The zero-order chi connectivity index (χ0) is 35.3. The Kier molecular flexibility index (Phi) is 13.2. The lowest BCUT2D eigenvalue weighted by atomic mass is 9.43. The molecule has 10 atom stereocenters. The number of unbranched alkanes of at least 4 members (excludes halogenated alkanes) is 1. The highest BCUT2D eigenvalue weighted by molar-refractivity contribution is 6.47. The molecule has 1 heterocycles. The molecule has 0 aromatic carbocycles. The third-order valence-corrected chi connectivity index (χ3v) is 10.3. The van der Waals surface area contributed by atoms with Gasteiger partial charge < -0.3 is 52.5 Å². The van der Waals surface area contributed by atoms with Crippen LogP contribution in [0.3, 0.4) is 0 Å². The van der Waals surface area contributed by atoms with Gasteiger partial charge in [0.05, 0.1) is 23.8 Å². The summed E-state index contributed by atoms with van der Waals surface area (Å²) in [6.45, 7) is 13.0. The third kappa shape index (κ3) is 9.02. The van der Waals surface area contributed by atoms with Gasteiger partial charge in [-0.25, -0.2) is 0 Å². The average molecular weight is 666 g/mol. The van der Waals surface area contributed by atoms with Crippen LogP contribution in [0.5, 0.6) is 0 Å². The van der Waals surface area contributed by atoms with Crippen LogP contribution in [0.1, 0.15) is 87.0 Å². The summed E-state index contributed by atoms with van der Waals surface area (Å²) in [7, 11) is -0.634. The molecule has 3 aliphatic carbocycles. The van der Waals surface area contributed by atoms with Crippen molar-refractivity contribution in [1.29, 1.82) is 0 Å². The summed E-state index contributed by atoms with van der Waals surface area (Å²) >= 11 is 0. The van der Waals surface area contributed by atoms with Gasteiger partial charge in [0.15, 0.2) is 0 Å². The third-order valence-electron chi connectivity index (χ3n) is 10.3. The highest BCUT2D eigenvalue weighted by Gasteiger charge is 2.68. The smallest absolute Gasteiger partial charge is 0.404 e. The molecular formula is C31H56BN7O8. The quantitative estimate of drug-likeness (QED) is 0.0668. The Labute approximate surface area is 278 Å². The fourth-order valence-electron chi connectivity index (χ4n) is 7.27. The van der Waals surface area contributed by atoms with E-state index < -0.39 is 78.5 Å². The molecule has 266 valence electrons. The van der Waals surface area contributed by atoms with E-state index in [0.29, 0.717) is 37.6 Å². The highest BCUT2D eigenvalue weighted by atomic mass is 16.7. The van der Waals surface area contributed by atoms with E-state index in [2.05, 4.69) is 47.4 Å². The lowest BCUT2D eigenvalue weighted by Gasteiger charge is -2.64. The van der Waals surface area contributed by atoms with Gasteiger partial charge in [0, 0.05) is 6.92 Å². The van der Waals surface area contributed by atoms with Gasteiger partial charge in [0.2, 0.25) is 29.5 Å². The van der Waals surface area contributed by atoms with Crippen molar-refractivity contribution in [2.75, 3.05) is 13.1 Å². The summed E-state index contributed by atoms with van der Waals surface area (Å²) in [5.74, 6) is -2.58. The molecule has 4 fully saturated rings. The molecule has 0 unspecified atom stereocenters. The Hall–Kier alpha value is -2.79. The van der Waals surface area contributed by atoms with E-state index in [1.54, 1.807) is 0 Å². The van der Waals surface area contributed by atoms with Crippen molar-refractivity contribution in [2.24, 2.45) is 28.7 Å². The normalized spacial score (nSPS) is 27.9. The molecule has 4 rings (SSSR count). The number of nitrogens with two attached hydrogens (primary N) is 2. The Morgan fingerprint density at radius 3 is 2.04 bits per heavy atom. The molecule has 1 aliphatic heterocycles. The Morgan fingerprint density at radius 1 is 0.830 bits per heavy atom. The van der Waals surface area contributed by atoms with Crippen molar-refractivity contribution in [3.63, 3.8) is 0 Å². The largest absolute Gasteiger partial charge is 0.481 e. The van der Waals surface area contributed by atoms with Crippen molar-refractivity contribution < 1.29 is 38.4 Å². The maximum absolute atomic E-state index is 13.5. The molecule has 47 heavy (non-hydrogen) atoms. The topological polar surface area (TPSA) is 236 Å². The lowest BCUT2D eigenvalue weighted by Crippen LogP contribution is -2.65. The summed E-state index contributed by atoms with van der Waals surface area (Å²) < 4.78 is 12.8. The zero-order valence-corrected chi connectivity index (χ0v) is 28.9. The van der Waals surface area contributed by atoms with E-state index in [1.807, 2.05) is 6.92 Å². The SMILES string of the molecule is CC(=O)N[C@@H](CCN)C(=O)N[C@H](C(=O)N[C@@H](C)C(=O)N[C@@H](CCCCN)C(=O)N[C@@H](C)B1O[C@@H]2C[C@@H]3C[C@@H](C3(C)C)[C@]2(C)O1)[C@@H](C)O. The molecule has 16 heteroatoms. The summed E-state index contributed by atoms with van der Waals surface area (Å²) in [5, 5.41) is 23.3. The van der Waals surface area contributed by atoms with Crippen LogP contribution in [-0.2, 0) is 33.3 Å². The van der Waals surface area contributed by atoms with Crippen LogP contribution in [0.25, 0.3) is 0 Å². The van der Waals surface area contributed by atoms with Gasteiger partial charge in [-0.2, -0.15) is 0 Å². The van der Waals surface area contributed by atoms with E-state index in [1.165, 1.54) is 20.8 Å². The monoisotopic (exact) mass is 665 g/mol. The summed E-state index contributed by atoms with van der Waals surface area (Å²) in [6, 6.07) is -4.49. The first kappa shape index (κ1) is 38.7. The molecule has 15 nitrogen and oxygen atoms in total. The molecule has 1 saturated heterocycles. The number of aliphatic hydroxyl groups excluding tert-OH is 1. The van der Waals surface area contributed by atoms with Crippen LogP contribution >= 0.6 is 0 Å². The number of rotatable bonds is 17. The minimum absolute atomic E-state index is 0.0414. The van der Waals surface area contributed by atoms with Crippen molar-refractivity contribution in [1.82, 2.24) is 26.6 Å². The summed E-state index contributed by atoms with van der Waals surface area (Å²) in [5.41, 5.74) is 11.0. The van der Waals surface area contributed by atoms with Crippen LogP contribution in [0.15, 0.2) is 0 Å². The molecule has 4 aliphatic rings. The van der Waals surface area contributed by atoms with Crippen molar-refractivity contribution in [2.45, 2.75) is 135 Å². The summed E-state index contributed by atoms with van der Waals surface area (Å²) in [6.07, 6.45) is 2.30. The fourth-order valence-corrected chi connectivity index (χ4v) is 7.27. The van der Waals surface area contributed by atoms with Crippen LogP contribution in [0.2, 0.25) is 0 Å². The minimum Gasteiger partial charge on any atom is -0.404 e. The van der Waals surface area contributed by atoms with Crippen molar-refractivity contribution >= 4 is 36.7 Å². The molecular weight excluding hydrogens is 609 g/mol. The number of carbonyl (C=O) groups is 5.